The number of alkyl halides is 6. The van der Waals surface area contributed by atoms with Crippen LogP contribution in [0.4, 0.5) is 32.0 Å². The maximum atomic E-state index is 12.9. The smallest absolute Gasteiger partial charge is 0.342 e. The molecule has 31 heavy (non-hydrogen) atoms. The Hall–Kier alpha value is -2.30. The molecule has 172 valence electrons. The third kappa shape index (κ3) is 5.69. The van der Waals surface area contributed by atoms with Crippen LogP contribution in [0.15, 0.2) is 18.2 Å². The van der Waals surface area contributed by atoms with Crippen LogP contribution in [0.5, 0.6) is 0 Å². The minimum Gasteiger partial charge on any atom is -0.342 e. The van der Waals surface area contributed by atoms with Crippen LogP contribution < -0.4 is 11.1 Å². The van der Waals surface area contributed by atoms with Crippen LogP contribution in [0.25, 0.3) is 0 Å². The number of nitrogens with one attached hydrogen (secondary N) is 1. The Kier molecular flexibility index (Phi) is 6.54. The zero-order valence-electron chi connectivity index (χ0n) is 16.5. The Morgan fingerprint density at radius 2 is 1.52 bits per heavy atom. The molecule has 1 aromatic rings. The lowest BCUT2D eigenvalue weighted by Crippen LogP contribution is -2.55. The molecule has 1 aromatic carbocycles. The molecule has 5 nitrogen and oxygen atoms in total. The van der Waals surface area contributed by atoms with Crippen LogP contribution >= 0.6 is 0 Å². The Balaban J connectivity index is 1.57. The summed E-state index contributed by atoms with van der Waals surface area (Å²) >= 11 is 0. The Labute approximate surface area is 174 Å². The molecule has 1 heterocycles. The topological polar surface area (TPSA) is 75.4 Å². The lowest BCUT2D eigenvalue weighted by Gasteiger charge is -2.42. The standard InChI is InChI=1S/C20H23F6N3O2/c21-19(22,23)12-6-13(20(24,25)26)8-14(7-12)28-17(30)5-11-9-29(10-11)18(31)15-3-1-2-4-16(15)27/h6-8,11,15-16H,1-5,9-10,27H2,(H,28,30)/t15-,16-/m1/s1. The molecule has 2 amide bonds. The quantitative estimate of drug-likeness (QED) is 0.679. The van der Waals surface area contributed by atoms with Gasteiger partial charge in [0.25, 0.3) is 0 Å². The van der Waals surface area contributed by atoms with Crippen LogP contribution in [0.3, 0.4) is 0 Å². The first kappa shape index (κ1) is 23.4. The number of nitrogens with zero attached hydrogens (tertiary/aromatic N) is 1. The van der Waals surface area contributed by atoms with Crippen molar-refractivity contribution >= 4 is 17.5 Å². The molecule has 0 unspecified atom stereocenters. The summed E-state index contributed by atoms with van der Waals surface area (Å²) in [6, 6.07) is 0.746. The number of nitrogens with two attached hydrogens (primary N) is 1. The lowest BCUT2D eigenvalue weighted by atomic mass is 9.82. The molecule has 11 heteroatoms. The van der Waals surface area contributed by atoms with E-state index >= 15 is 0 Å². The predicted molar refractivity (Wildman–Crippen MR) is 99.7 cm³/mol. The summed E-state index contributed by atoms with van der Waals surface area (Å²) in [6.45, 7) is 0.623. The minimum atomic E-state index is -4.99. The number of amides is 2. The first-order valence-corrected chi connectivity index (χ1v) is 9.98. The summed E-state index contributed by atoms with van der Waals surface area (Å²) in [5.41, 5.74) is 2.44. The van der Waals surface area contributed by atoms with Crippen molar-refractivity contribution in [2.45, 2.75) is 50.5 Å². The van der Waals surface area contributed by atoms with E-state index in [2.05, 4.69) is 5.32 Å². The average Bonchev–Trinajstić information content (AvgIpc) is 2.62. The monoisotopic (exact) mass is 451 g/mol. The van der Waals surface area contributed by atoms with Crippen molar-refractivity contribution in [2.75, 3.05) is 18.4 Å². The zero-order chi connectivity index (χ0) is 23.0. The average molecular weight is 451 g/mol. The third-order valence-electron chi connectivity index (χ3n) is 5.75. The highest BCUT2D eigenvalue weighted by Gasteiger charge is 2.39. The van der Waals surface area contributed by atoms with E-state index in [0.29, 0.717) is 25.2 Å². The van der Waals surface area contributed by atoms with Gasteiger partial charge in [-0.05, 0) is 31.0 Å². The molecule has 1 aliphatic carbocycles. The molecule has 1 saturated carbocycles. The van der Waals surface area contributed by atoms with Gasteiger partial charge in [-0.25, -0.2) is 0 Å². The predicted octanol–water partition coefficient (Wildman–Crippen LogP) is 4.03. The van der Waals surface area contributed by atoms with Crippen molar-refractivity contribution in [3.8, 4) is 0 Å². The van der Waals surface area contributed by atoms with E-state index in [1.54, 1.807) is 4.90 Å². The zero-order valence-corrected chi connectivity index (χ0v) is 16.5. The molecule has 0 radical (unpaired) electrons. The summed E-state index contributed by atoms with van der Waals surface area (Å²) in [5, 5.41) is 2.12. The van der Waals surface area contributed by atoms with E-state index in [-0.39, 0.29) is 36.3 Å². The summed E-state index contributed by atoms with van der Waals surface area (Å²) in [6.07, 6.45) is -6.67. The fraction of sp³-hybridized carbons (Fsp3) is 0.600. The number of benzene rings is 1. The van der Waals surface area contributed by atoms with E-state index in [4.69, 9.17) is 5.73 Å². The van der Waals surface area contributed by atoms with Crippen molar-refractivity contribution in [3.05, 3.63) is 29.3 Å². The molecule has 0 spiro atoms. The number of rotatable bonds is 4. The van der Waals surface area contributed by atoms with Crippen LogP contribution in [-0.2, 0) is 21.9 Å². The van der Waals surface area contributed by atoms with Crippen LogP contribution in [0.2, 0.25) is 0 Å². The van der Waals surface area contributed by atoms with E-state index in [9.17, 15) is 35.9 Å². The summed E-state index contributed by atoms with van der Waals surface area (Å²) in [7, 11) is 0. The van der Waals surface area contributed by atoms with Crippen LogP contribution in [0.1, 0.15) is 43.2 Å². The summed E-state index contributed by atoms with van der Waals surface area (Å²) in [5.74, 6) is -1.22. The van der Waals surface area contributed by atoms with Crippen LogP contribution in [0, 0.1) is 11.8 Å². The molecule has 2 fully saturated rings. The van der Waals surface area contributed by atoms with Gasteiger partial charge < -0.3 is 16.0 Å². The first-order chi connectivity index (χ1) is 14.3. The van der Waals surface area contributed by atoms with Crippen molar-refractivity contribution in [1.29, 1.82) is 0 Å². The number of hydrogen-bond donors (Lipinski definition) is 2. The van der Waals surface area contributed by atoms with Crippen molar-refractivity contribution in [2.24, 2.45) is 17.6 Å². The normalized spacial score (nSPS) is 22.7. The van der Waals surface area contributed by atoms with Gasteiger partial charge in [0.2, 0.25) is 11.8 Å². The number of halogens is 6. The second kappa shape index (κ2) is 8.68. The maximum Gasteiger partial charge on any atom is 0.416 e. The number of carbonyl (C=O) groups excluding carboxylic acids is 2. The second-order valence-electron chi connectivity index (χ2n) is 8.21. The van der Waals surface area contributed by atoms with Crippen molar-refractivity contribution in [3.63, 3.8) is 0 Å². The summed E-state index contributed by atoms with van der Waals surface area (Å²) < 4.78 is 77.5. The SMILES string of the molecule is N[C@@H]1CCCC[C@H]1C(=O)N1CC(CC(=O)Nc2cc(C(F)(F)F)cc(C(F)(F)F)c2)C1. The molecule has 3 rings (SSSR count). The molecular weight excluding hydrogens is 428 g/mol. The first-order valence-electron chi connectivity index (χ1n) is 9.98. The molecule has 0 bridgehead atoms. The Bertz CT molecular complexity index is 801. The Morgan fingerprint density at radius 3 is 2.03 bits per heavy atom. The third-order valence-corrected chi connectivity index (χ3v) is 5.75. The van der Waals surface area contributed by atoms with E-state index in [0.717, 1.165) is 25.7 Å². The van der Waals surface area contributed by atoms with Crippen molar-refractivity contribution in [1.82, 2.24) is 4.90 Å². The van der Waals surface area contributed by atoms with E-state index in [1.165, 1.54) is 0 Å². The van der Waals surface area contributed by atoms with Gasteiger partial charge >= 0.3 is 12.4 Å². The fourth-order valence-electron chi connectivity index (χ4n) is 4.08. The van der Waals surface area contributed by atoms with Gasteiger partial charge in [0.05, 0.1) is 17.0 Å². The largest absolute Gasteiger partial charge is 0.416 e. The molecule has 1 aliphatic heterocycles. The highest BCUT2D eigenvalue weighted by Crippen LogP contribution is 2.37. The minimum absolute atomic E-state index is 0.00104. The molecule has 2 atom stereocenters. The van der Waals surface area contributed by atoms with Gasteiger partial charge in [-0.2, -0.15) is 26.3 Å². The fourth-order valence-corrected chi connectivity index (χ4v) is 4.08. The lowest BCUT2D eigenvalue weighted by molar-refractivity contribution is -0.145. The Morgan fingerprint density at radius 1 is 0.968 bits per heavy atom. The number of anilines is 1. The molecular formula is C20H23F6N3O2. The molecule has 2 aliphatic rings. The highest BCUT2D eigenvalue weighted by atomic mass is 19.4. The van der Waals surface area contributed by atoms with Gasteiger partial charge in [0, 0.05) is 37.2 Å². The van der Waals surface area contributed by atoms with Gasteiger partial charge in [0.15, 0.2) is 0 Å². The summed E-state index contributed by atoms with van der Waals surface area (Å²) in [4.78, 5) is 26.3. The maximum absolute atomic E-state index is 12.9. The highest BCUT2D eigenvalue weighted by molar-refractivity contribution is 5.91. The van der Waals surface area contributed by atoms with Gasteiger partial charge in [-0.3, -0.25) is 9.59 Å². The second-order valence-corrected chi connectivity index (χ2v) is 8.21. The molecule has 1 saturated heterocycles. The van der Waals surface area contributed by atoms with Crippen molar-refractivity contribution < 1.29 is 35.9 Å². The van der Waals surface area contributed by atoms with E-state index < -0.39 is 35.1 Å². The number of carbonyl (C=O) groups is 2. The molecule has 0 aromatic heterocycles. The van der Waals surface area contributed by atoms with Gasteiger partial charge in [-0.15, -0.1) is 0 Å². The van der Waals surface area contributed by atoms with Gasteiger partial charge in [-0.1, -0.05) is 12.8 Å². The number of hydrogen-bond acceptors (Lipinski definition) is 3. The van der Waals surface area contributed by atoms with Crippen LogP contribution in [-0.4, -0.2) is 35.8 Å². The number of likely N-dealkylation sites (tertiary alicyclic amines) is 1. The molecule has 3 N–H and O–H groups in total. The van der Waals surface area contributed by atoms with E-state index in [1.807, 2.05) is 0 Å². The van der Waals surface area contributed by atoms with Gasteiger partial charge in [0.1, 0.15) is 0 Å².